The Morgan fingerprint density at radius 3 is 2.84 bits per heavy atom. The Hall–Kier alpha value is -0.720. The van der Waals surface area contributed by atoms with Gasteiger partial charge in [0.15, 0.2) is 5.78 Å². The molecule has 0 fully saturated rings. The Bertz CT molecular complexity index is 418. The van der Waals surface area contributed by atoms with Crippen LogP contribution in [-0.2, 0) is 11.3 Å². The first-order valence-electron chi connectivity index (χ1n) is 6.33. The summed E-state index contributed by atoms with van der Waals surface area (Å²) >= 11 is 3.40. The van der Waals surface area contributed by atoms with E-state index < -0.39 is 0 Å². The van der Waals surface area contributed by atoms with Crippen LogP contribution in [0.4, 0.5) is 0 Å². The average Bonchev–Trinajstić information content (AvgIpc) is 2.68. The van der Waals surface area contributed by atoms with Gasteiger partial charge in [0.1, 0.15) is 5.69 Å². The van der Waals surface area contributed by atoms with Crippen LogP contribution >= 0.6 is 15.9 Å². The second-order valence-corrected chi connectivity index (χ2v) is 5.91. The van der Waals surface area contributed by atoms with Crippen molar-refractivity contribution in [2.24, 2.45) is 5.92 Å². The molecule has 0 bridgehead atoms. The topological polar surface area (TPSA) is 47.4 Å². The zero-order valence-corrected chi connectivity index (χ0v) is 13.6. The maximum Gasteiger partial charge on any atom is 0.182 e. The Morgan fingerprint density at radius 1 is 1.58 bits per heavy atom. The minimum Gasteiger partial charge on any atom is -0.384 e. The van der Waals surface area contributed by atoms with Crippen molar-refractivity contribution in [3.8, 4) is 0 Å². The molecule has 1 atom stereocenters. The molecule has 1 unspecified atom stereocenters. The molecule has 0 spiro atoms. The predicted octanol–water partition coefficient (Wildman–Crippen LogP) is 2.06. The van der Waals surface area contributed by atoms with Gasteiger partial charge >= 0.3 is 0 Å². The van der Waals surface area contributed by atoms with Crippen LogP contribution in [0, 0.1) is 5.92 Å². The minimum absolute atomic E-state index is 0.104. The average molecular weight is 332 g/mol. The van der Waals surface area contributed by atoms with Gasteiger partial charge in [0.2, 0.25) is 0 Å². The summed E-state index contributed by atoms with van der Waals surface area (Å²) in [5.41, 5.74) is 0.657. The molecule has 0 amide bonds. The molecule has 1 aromatic rings. The van der Waals surface area contributed by atoms with Gasteiger partial charge in [0.25, 0.3) is 0 Å². The van der Waals surface area contributed by atoms with Gasteiger partial charge in [-0.25, -0.2) is 0 Å². The molecule has 0 aliphatic carbocycles. The Labute approximate surface area is 123 Å². The first-order valence-corrected chi connectivity index (χ1v) is 7.13. The van der Waals surface area contributed by atoms with E-state index in [1.165, 1.54) is 0 Å². The largest absolute Gasteiger partial charge is 0.384 e. The van der Waals surface area contributed by atoms with Crippen LogP contribution in [0.2, 0.25) is 0 Å². The molecule has 0 N–H and O–H groups in total. The molecule has 1 heterocycles. The van der Waals surface area contributed by atoms with Crippen molar-refractivity contribution in [3.05, 3.63) is 16.4 Å². The summed E-state index contributed by atoms with van der Waals surface area (Å²) < 4.78 is 7.60. The number of likely N-dealkylation sites (N-methyl/N-ethyl adjacent to an activating group) is 1. The lowest BCUT2D eigenvalue weighted by Gasteiger charge is -2.13. The van der Waals surface area contributed by atoms with Gasteiger partial charge in [0.05, 0.1) is 17.2 Å². The number of ether oxygens (including phenoxy) is 1. The zero-order chi connectivity index (χ0) is 14.4. The quantitative estimate of drug-likeness (QED) is 0.684. The van der Waals surface area contributed by atoms with E-state index in [9.17, 15) is 4.79 Å². The van der Waals surface area contributed by atoms with Crippen LogP contribution in [0.15, 0.2) is 10.7 Å². The standard InChI is InChI=1S/C13H22BrN3O2/c1-10(9-19-4)7-12(18)13-11(14)8-15-17(13)6-5-16(2)3/h8,10H,5-7,9H2,1-4H3. The van der Waals surface area contributed by atoms with Crippen molar-refractivity contribution >= 4 is 21.7 Å². The summed E-state index contributed by atoms with van der Waals surface area (Å²) in [6, 6.07) is 0. The lowest BCUT2D eigenvalue weighted by molar-refractivity contribution is 0.0908. The van der Waals surface area contributed by atoms with Gasteiger partial charge in [-0.3, -0.25) is 9.48 Å². The number of carbonyl (C=O) groups excluding carboxylic acids is 1. The number of Topliss-reactive ketones (excluding diaryl/α,β-unsaturated/α-hetero) is 1. The molecule has 0 aliphatic rings. The lowest BCUT2D eigenvalue weighted by atomic mass is 10.0. The van der Waals surface area contributed by atoms with Crippen molar-refractivity contribution in [2.75, 3.05) is 34.4 Å². The number of methoxy groups -OCH3 is 1. The molecule has 5 nitrogen and oxygen atoms in total. The maximum atomic E-state index is 12.3. The molecule has 0 saturated carbocycles. The van der Waals surface area contributed by atoms with Crippen LogP contribution < -0.4 is 0 Å². The van der Waals surface area contributed by atoms with Gasteiger partial charge in [-0.1, -0.05) is 6.92 Å². The molecule has 0 saturated heterocycles. The number of rotatable bonds is 8. The number of nitrogens with zero attached hydrogens (tertiary/aromatic N) is 3. The highest BCUT2D eigenvalue weighted by Gasteiger charge is 2.19. The van der Waals surface area contributed by atoms with Crippen molar-refractivity contribution < 1.29 is 9.53 Å². The maximum absolute atomic E-state index is 12.3. The number of ketones is 1. The van der Waals surface area contributed by atoms with Gasteiger partial charge in [-0.2, -0.15) is 5.10 Å². The Morgan fingerprint density at radius 2 is 2.26 bits per heavy atom. The van der Waals surface area contributed by atoms with Gasteiger partial charge in [-0.05, 0) is 35.9 Å². The first-order chi connectivity index (χ1) is 8.95. The summed E-state index contributed by atoms with van der Waals surface area (Å²) in [5, 5.41) is 4.25. The third kappa shape index (κ3) is 5.04. The van der Waals surface area contributed by atoms with Crippen LogP contribution in [0.25, 0.3) is 0 Å². The minimum atomic E-state index is 0.104. The van der Waals surface area contributed by atoms with E-state index >= 15 is 0 Å². The molecule has 0 aromatic carbocycles. The van der Waals surface area contributed by atoms with E-state index in [4.69, 9.17) is 4.74 Å². The second-order valence-electron chi connectivity index (χ2n) is 5.06. The molecular formula is C13H22BrN3O2. The fourth-order valence-electron chi connectivity index (χ4n) is 1.86. The summed E-state index contributed by atoms with van der Waals surface area (Å²) in [6.07, 6.45) is 2.16. The zero-order valence-electron chi connectivity index (χ0n) is 12.0. The van der Waals surface area contributed by atoms with E-state index in [0.717, 1.165) is 11.0 Å². The van der Waals surface area contributed by atoms with Crippen LogP contribution in [-0.4, -0.2) is 54.8 Å². The lowest BCUT2D eigenvalue weighted by Crippen LogP contribution is -2.22. The molecule has 6 heteroatoms. The van der Waals surface area contributed by atoms with E-state index in [2.05, 4.69) is 25.9 Å². The molecule has 0 radical (unpaired) electrons. The van der Waals surface area contributed by atoms with E-state index in [-0.39, 0.29) is 11.7 Å². The van der Waals surface area contributed by atoms with Crippen molar-refractivity contribution in [2.45, 2.75) is 19.9 Å². The monoisotopic (exact) mass is 331 g/mol. The number of hydrogen-bond acceptors (Lipinski definition) is 4. The van der Waals surface area contributed by atoms with E-state index in [1.807, 2.05) is 21.0 Å². The summed E-state index contributed by atoms with van der Waals surface area (Å²) in [6.45, 7) is 4.16. The van der Waals surface area contributed by atoms with Gasteiger partial charge in [0, 0.05) is 26.7 Å². The normalized spacial score (nSPS) is 12.9. The van der Waals surface area contributed by atoms with Crippen molar-refractivity contribution in [1.29, 1.82) is 0 Å². The first kappa shape index (κ1) is 16.3. The highest BCUT2D eigenvalue weighted by atomic mass is 79.9. The summed E-state index contributed by atoms with van der Waals surface area (Å²) in [5.74, 6) is 0.314. The van der Waals surface area contributed by atoms with Crippen molar-refractivity contribution in [3.63, 3.8) is 0 Å². The Kier molecular flexibility index (Phi) is 6.68. The second kappa shape index (κ2) is 7.77. The fraction of sp³-hybridized carbons (Fsp3) is 0.692. The smallest absolute Gasteiger partial charge is 0.182 e. The van der Waals surface area contributed by atoms with E-state index in [0.29, 0.717) is 25.3 Å². The number of aromatic nitrogens is 2. The van der Waals surface area contributed by atoms with Gasteiger partial charge in [-0.15, -0.1) is 0 Å². The molecule has 0 aliphatic heterocycles. The molecule has 1 rings (SSSR count). The highest BCUT2D eigenvalue weighted by molar-refractivity contribution is 9.10. The van der Waals surface area contributed by atoms with Crippen molar-refractivity contribution in [1.82, 2.24) is 14.7 Å². The summed E-state index contributed by atoms with van der Waals surface area (Å²) in [7, 11) is 5.65. The molecule has 1 aromatic heterocycles. The molecule has 108 valence electrons. The number of halogens is 1. The Balaban J connectivity index is 2.75. The number of carbonyl (C=O) groups is 1. The molecule has 19 heavy (non-hydrogen) atoms. The van der Waals surface area contributed by atoms with Crippen LogP contribution in [0.3, 0.4) is 0 Å². The van der Waals surface area contributed by atoms with Crippen LogP contribution in [0.1, 0.15) is 23.8 Å². The highest BCUT2D eigenvalue weighted by Crippen LogP contribution is 2.19. The van der Waals surface area contributed by atoms with E-state index in [1.54, 1.807) is 18.0 Å². The van der Waals surface area contributed by atoms with Crippen LogP contribution in [0.5, 0.6) is 0 Å². The summed E-state index contributed by atoms with van der Waals surface area (Å²) in [4.78, 5) is 14.4. The number of hydrogen-bond donors (Lipinski definition) is 0. The molecular weight excluding hydrogens is 310 g/mol. The third-order valence-electron chi connectivity index (χ3n) is 2.80. The fourth-order valence-corrected chi connectivity index (χ4v) is 2.38. The van der Waals surface area contributed by atoms with Gasteiger partial charge < -0.3 is 9.64 Å². The SMILES string of the molecule is COCC(C)CC(=O)c1c(Br)cnn1CCN(C)C. The third-order valence-corrected chi connectivity index (χ3v) is 3.38. The predicted molar refractivity (Wildman–Crippen MR) is 78.5 cm³/mol.